The first-order valence-electron chi connectivity index (χ1n) is 6.07. The van der Waals surface area contributed by atoms with Gasteiger partial charge in [0.15, 0.2) is 0 Å². The summed E-state index contributed by atoms with van der Waals surface area (Å²) in [5.41, 5.74) is 3.16. The molecule has 3 rings (SSSR count). The molecule has 1 nitrogen and oxygen atoms in total. The van der Waals surface area contributed by atoms with E-state index in [0.29, 0.717) is 0 Å². The molecule has 0 radical (unpaired) electrons. The number of rotatable bonds is 1. The summed E-state index contributed by atoms with van der Waals surface area (Å²) in [6.45, 7) is 0. The zero-order valence-corrected chi connectivity index (χ0v) is 13.2. The topological polar surface area (TPSA) is 20.2 Å². The molecule has 2 aromatic rings. The normalized spacial score (nSPS) is 21.2. The van der Waals surface area contributed by atoms with E-state index in [2.05, 4.69) is 56.1 Å². The summed E-state index contributed by atoms with van der Waals surface area (Å²) in [6.07, 6.45) is 3.64. The van der Waals surface area contributed by atoms with E-state index in [0.717, 1.165) is 25.6 Å². The van der Waals surface area contributed by atoms with E-state index in [-0.39, 0.29) is 5.92 Å². The van der Waals surface area contributed by atoms with E-state index in [1.807, 2.05) is 30.3 Å². The smallest absolute Gasteiger partial charge is 0.0899 e. The van der Waals surface area contributed by atoms with Crippen LogP contribution in [-0.4, -0.2) is 5.11 Å². The lowest BCUT2D eigenvalue weighted by Crippen LogP contribution is -2.13. The summed E-state index contributed by atoms with van der Waals surface area (Å²) in [4.78, 5) is 0. The third-order valence-electron chi connectivity index (χ3n) is 3.45. The van der Waals surface area contributed by atoms with Crippen LogP contribution in [0.5, 0.6) is 0 Å². The molecule has 0 unspecified atom stereocenters. The van der Waals surface area contributed by atoms with Crippen LogP contribution < -0.4 is 0 Å². The van der Waals surface area contributed by atoms with Gasteiger partial charge in [0.05, 0.1) is 6.10 Å². The van der Waals surface area contributed by atoms with E-state index in [4.69, 9.17) is 0 Å². The molecule has 0 saturated carbocycles. The van der Waals surface area contributed by atoms with Gasteiger partial charge in [-0.2, -0.15) is 0 Å². The molecular weight excluding hydrogens is 368 g/mol. The van der Waals surface area contributed by atoms with Crippen molar-refractivity contribution in [2.24, 2.45) is 0 Å². The second-order valence-corrected chi connectivity index (χ2v) is 6.34. The van der Waals surface area contributed by atoms with Gasteiger partial charge < -0.3 is 5.11 Å². The highest BCUT2D eigenvalue weighted by atomic mass is 79.9. The molecule has 1 N–H and O–H groups in total. The third-order valence-corrected chi connectivity index (χ3v) is 5.30. The van der Waals surface area contributed by atoms with E-state index in [1.54, 1.807) is 0 Å². The Labute approximate surface area is 129 Å². The van der Waals surface area contributed by atoms with E-state index >= 15 is 0 Å². The van der Waals surface area contributed by atoms with Crippen LogP contribution in [0.1, 0.15) is 28.7 Å². The van der Waals surface area contributed by atoms with Crippen LogP contribution >= 0.6 is 31.9 Å². The summed E-state index contributed by atoms with van der Waals surface area (Å²) in [7, 11) is 0. The molecule has 3 heteroatoms. The Bertz CT molecular complexity index is 635. The van der Waals surface area contributed by atoms with Crippen LogP contribution in [0.15, 0.2) is 57.5 Å². The number of fused-ring (bicyclic) bond motifs is 1. The van der Waals surface area contributed by atoms with Crippen molar-refractivity contribution in [3.8, 4) is 0 Å². The number of hydrogen-bond acceptors (Lipinski definition) is 1. The van der Waals surface area contributed by atoms with Crippen molar-refractivity contribution in [3.05, 3.63) is 74.2 Å². The SMILES string of the molecule is O[C@@H]1c2cc(Br)c(Br)cc2C=C[C@@H]1c1ccccc1. The lowest BCUT2D eigenvalue weighted by atomic mass is 9.83. The van der Waals surface area contributed by atoms with Gasteiger partial charge in [0.1, 0.15) is 0 Å². The molecule has 0 aromatic heterocycles. The zero-order chi connectivity index (χ0) is 13.4. The first-order valence-corrected chi connectivity index (χ1v) is 7.65. The fraction of sp³-hybridized carbons (Fsp3) is 0.125. The summed E-state index contributed by atoms with van der Waals surface area (Å²) in [5.74, 6) is 0.0155. The van der Waals surface area contributed by atoms with Crippen molar-refractivity contribution >= 4 is 37.9 Å². The Kier molecular flexibility index (Phi) is 3.61. The van der Waals surface area contributed by atoms with Crippen molar-refractivity contribution in [2.45, 2.75) is 12.0 Å². The first kappa shape index (κ1) is 13.1. The van der Waals surface area contributed by atoms with Gasteiger partial charge in [0, 0.05) is 14.9 Å². The Morgan fingerprint density at radius 3 is 2.37 bits per heavy atom. The standard InChI is InChI=1S/C16H12Br2O/c17-14-8-11-6-7-12(10-4-2-1-3-5-10)16(19)13(11)9-15(14)18/h1-9,12,16,19H/t12-,16+/m1/s1. The van der Waals surface area contributed by atoms with E-state index < -0.39 is 6.10 Å². The molecule has 1 aliphatic rings. The number of benzene rings is 2. The van der Waals surface area contributed by atoms with Gasteiger partial charge in [-0.25, -0.2) is 0 Å². The molecular formula is C16H12Br2O. The second-order valence-electron chi connectivity index (χ2n) is 4.64. The molecule has 2 aromatic carbocycles. The maximum atomic E-state index is 10.6. The minimum atomic E-state index is -0.508. The van der Waals surface area contributed by atoms with Crippen molar-refractivity contribution < 1.29 is 5.11 Å². The van der Waals surface area contributed by atoms with Crippen molar-refractivity contribution in [1.29, 1.82) is 0 Å². The number of halogens is 2. The number of aliphatic hydroxyl groups excluding tert-OH is 1. The predicted octanol–water partition coefficient (Wildman–Crippen LogP) is 5.06. The molecule has 0 fully saturated rings. The molecule has 0 spiro atoms. The van der Waals surface area contributed by atoms with Gasteiger partial charge in [-0.1, -0.05) is 42.5 Å². The van der Waals surface area contributed by atoms with Gasteiger partial charge in [0.25, 0.3) is 0 Å². The maximum absolute atomic E-state index is 10.6. The summed E-state index contributed by atoms with van der Waals surface area (Å²) >= 11 is 6.99. The second kappa shape index (κ2) is 5.23. The molecule has 0 saturated heterocycles. The Morgan fingerprint density at radius 1 is 0.947 bits per heavy atom. The Balaban J connectivity index is 2.05. The lowest BCUT2D eigenvalue weighted by molar-refractivity contribution is 0.160. The fourth-order valence-corrected chi connectivity index (χ4v) is 3.17. The molecule has 0 bridgehead atoms. The average Bonchev–Trinajstić information content (AvgIpc) is 2.42. The van der Waals surface area contributed by atoms with Crippen LogP contribution in [0, 0.1) is 0 Å². The number of aliphatic hydroxyl groups is 1. The number of hydrogen-bond donors (Lipinski definition) is 1. The van der Waals surface area contributed by atoms with Gasteiger partial charge in [0.2, 0.25) is 0 Å². The Morgan fingerprint density at radius 2 is 1.63 bits per heavy atom. The molecule has 1 aliphatic carbocycles. The van der Waals surface area contributed by atoms with E-state index in [9.17, 15) is 5.11 Å². The van der Waals surface area contributed by atoms with Crippen molar-refractivity contribution in [1.82, 2.24) is 0 Å². The lowest BCUT2D eigenvalue weighted by Gasteiger charge is -2.26. The summed E-state index contributed by atoms with van der Waals surface area (Å²) < 4.78 is 1.97. The van der Waals surface area contributed by atoms with Crippen molar-refractivity contribution in [2.75, 3.05) is 0 Å². The quantitative estimate of drug-likeness (QED) is 0.734. The largest absolute Gasteiger partial charge is 0.387 e. The van der Waals surface area contributed by atoms with E-state index in [1.165, 1.54) is 0 Å². The monoisotopic (exact) mass is 378 g/mol. The fourth-order valence-electron chi connectivity index (χ4n) is 2.45. The van der Waals surface area contributed by atoms with Crippen LogP contribution in [0.2, 0.25) is 0 Å². The first-order chi connectivity index (χ1) is 9.16. The highest BCUT2D eigenvalue weighted by molar-refractivity contribution is 9.13. The van der Waals surface area contributed by atoms with Crippen LogP contribution in [-0.2, 0) is 0 Å². The van der Waals surface area contributed by atoms with Gasteiger partial charge >= 0.3 is 0 Å². The molecule has 2 atom stereocenters. The third kappa shape index (κ3) is 2.42. The average molecular weight is 380 g/mol. The summed E-state index contributed by atoms with van der Waals surface area (Å²) in [6, 6.07) is 14.1. The van der Waals surface area contributed by atoms with Gasteiger partial charge in [-0.15, -0.1) is 0 Å². The van der Waals surface area contributed by atoms with Crippen LogP contribution in [0.4, 0.5) is 0 Å². The zero-order valence-electron chi connectivity index (χ0n) is 10.1. The molecule has 0 aliphatic heterocycles. The van der Waals surface area contributed by atoms with Crippen LogP contribution in [0.25, 0.3) is 6.08 Å². The van der Waals surface area contributed by atoms with Gasteiger partial charge in [-0.05, 0) is 60.7 Å². The highest BCUT2D eigenvalue weighted by Gasteiger charge is 2.26. The summed E-state index contributed by atoms with van der Waals surface area (Å²) in [5, 5.41) is 10.6. The van der Waals surface area contributed by atoms with Crippen LogP contribution in [0.3, 0.4) is 0 Å². The minimum Gasteiger partial charge on any atom is -0.387 e. The molecule has 96 valence electrons. The van der Waals surface area contributed by atoms with Gasteiger partial charge in [-0.3, -0.25) is 0 Å². The maximum Gasteiger partial charge on any atom is 0.0899 e. The molecule has 0 heterocycles. The predicted molar refractivity (Wildman–Crippen MR) is 85.0 cm³/mol. The van der Waals surface area contributed by atoms with Crippen molar-refractivity contribution in [3.63, 3.8) is 0 Å². The molecule has 19 heavy (non-hydrogen) atoms. The minimum absolute atomic E-state index is 0.0155. The molecule has 0 amide bonds. The highest BCUT2D eigenvalue weighted by Crippen LogP contribution is 2.41. The Hall–Kier alpha value is -0.900.